The van der Waals surface area contributed by atoms with Crippen LogP contribution in [0.25, 0.3) is 295 Å². The van der Waals surface area contributed by atoms with Crippen LogP contribution >= 0.6 is 0 Å². The number of hydrogen-bond acceptors (Lipinski definition) is 0. The molecule has 0 N–H and O–H groups in total. The summed E-state index contributed by atoms with van der Waals surface area (Å²) in [5, 5.41) is 38.7. The Labute approximate surface area is 858 Å². The van der Waals surface area contributed by atoms with E-state index in [1.54, 1.807) is 0 Å². The summed E-state index contributed by atoms with van der Waals surface area (Å²) in [4.78, 5) is 0. The quantitative estimate of drug-likeness (QED) is 0.0845. The summed E-state index contributed by atoms with van der Waals surface area (Å²) in [5.74, 6) is 0. The maximum Gasteiger partial charge on any atom is -0.00201 e. The van der Waals surface area contributed by atoms with E-state index in [0.717, 1.165) is 0 Å². The van der Waals surface area contributed by atoms with Gasteiger partial charge in [-0.2, -0.15) is 0 Å². The average Bonchev–Trinajstić information content (AvgIpc) is 0.738. The number of fused-ring (bicyclic) bond motifs is 18. The zero-order chi connectivity index (χ0) is 97.6. The van der Waals surface area contributed by atoms with Crippen molar-refractivity contribution in [2.45, 2.75) is 0 Å². The molecule has 0 spiro atoms. The standard InChI is InChI=1S/2C50H32.C48H30/c1-2-14-33(15-3-1)34-26-28-35(29-27-34)49-44-22-10-12-24-46(44)50(47-25-13-11-23-45(47)49)43-21-9-4-16-37(43)36-30-31-42-40-19-6-5-17-38(40)39-18-7-8-20-41(39)48(42)32-36;1-2-13-33(14-3-1)34-25-27-35(28-26-34)49-44-21-8-10-23-46(44)50(47-24-11-9-22-45(47)49)38-16-12-15-36(31-38)37-29-30-43-41-19-5-4-17-39(41)40-18-6-7-20-42(40)48(43)32-37;1-2-9-31(10-3-1)32-17-21-36(22-18-32)46-40-13-4-6-15-42(40)47(43-16-7-5-14-41(43)46)37-23-19-33(20-24-37)39-29-27-38-26-25-34-11-8-12-35-28-30-44(39)48(38)45(34)35/h2*1-32H;1-30H. The van der Waals surface area contributed by atoms with Gasteiger partial charge in [-0.15, -0.1) is 0 Å². The Kier molecular flexibility index (Phi) is 21.4. The summed E-state index contributed by atoms with van der Waals surface area (Å²) in [5.41, 5.74) is 29.9. The molecular formula is C148H94. The molecule has 0 atom stereocenters. The van der Waals surface area contributed by atoms with Crippen LogP contribution in [0.15, 0.2) is 570 Å². The lowest BCUT2D eigenvalue weighted by atomic mass is 9.83. The van der Waals surface area contributed by atoms with Crippen LogP contribution in [-0.4, -0.2) is 0 Å². The maximum absolute atomic E-state index is 2.41. The molecule has 30 rings (SSSR count). The Hall–Kier alpha value is -19.2. The van der Waals surface area contributed by atoms with Crippen molar-refractivity contribution in [2.75, 3.05) is 0 Å². The first-order chi connectivity index (χ1) is 73.5. The third-order valence-electron chi connectivity index (χ3n) is 31.1. The lowest BCUT2D eigenvalue weighted by Crippen LogP contribution is -1.93. The first kappa shape index (κ1) is 86.6. The van der Waals surface area contributed by atoms with E-state index in [9.17, 15) is 0 Å². The van der Waals surface area contributed by atoms with E-state index in [4.69, 9.17) is 0 Å². The molecule has 0 aromatic heterocycles. The Balaban J connectivity index is 0.000000107. The first-order valence-electron chi connectivity index (χ1n) is 51.4. The van der Waals surface area contributed by atoms with Gasteiger partial charge in [0.15, 0.2) is 0 Å². The molecule has 0 saturated carbocycles. The van der Waals surface area contributed by atoms with Gasteiger partial charge in [0.1, 0.15) is 0 Å². The van der Waals surface area contributed by atoms with Crippen molar-refractivity contribution < 1.29 is 0 Å². The van der Waals surface area contributed by atoms with Crippen LogP contribution in [-0.2, 0) is 0 Å². The summed E-state index contributed by atoms with van der Waals surface area (Å²) >= 11 is 0. The molecule has 0 saturated heterocycles. The van der Waals surface area contributed by atoms with Gasteiger partial charge in [0, 0.05) is 0 Å². The summed E-state index contributed by atoms with van der Waals surface area (Å²) in [7, 11) is 0. The van der Waals surface area contributed by atoms with Crippen LogP contribution in [0.4, 0.5) is 0 Å². The highest BCUT2D eigenvalue weighted by atomic mass is 14.3. The van der Waals surface area contributed by atoms with E-state index in [1.165, 1.54) is 295 Å². The summed E-state index contributed by atoms with van der Waals surface area (Å²) < 4.78 is 0. The molecule has 0 bridgehead atoms. The number of rotatable bonds is 12. The summed E-state index contributed by atoms with van der Waals surface area (Å²) in [6.07, 6.45) is 0. The third-order valence-corrected chi connectivity index (χ3v) is 31.1. The average molecular weight is 1870 g/mol. The lowest BCUT2D eigenvalue weighted by molar-refractivity contribution is 1.61. The van der Waals surface area contributed by atoms with Gasteiger partial charge in [-0.1, -0.05) is 552 Å². The van der Waals surface area contributed by atoms with Gasteiger partial charge in [-0.05, 0) is 313 Å². The SMILES string of the molecule is c1ccc(-c2ccc(-c3c4ccccc4c(-c4ccc(-c5ccc6ccc7cccc8ccc5c6c78)cc4)c4ccccc34)cc2)cc1.c1ccc(-c2ccc(-c3c4ccccc4c(-c4cccc(-c5ccc6c7ccccc7c7ccccc7c6c5)c4)c4ccccc34)cc2)cc1.c1ccc(-c2ccc(-c3c4ccccc4c(-c4ccccc4-c4ccc5c6ccccc6c6ccccc6c5c4)c4ccccc34)cc2)cc1. The topological polar surface area (TPSA) is 0 Å². The molecule has 0 nitrogen and oxygen atoms in total. The van der Waals surface area contributed by atoms with Gasteiger partial charge in [0.05, 0.1) is 0 Å². The van der Waals surface area contributed by atoms with Gasteiger partial charge in [0.2, 0.25) is 0 Å². The van der Waals surface area contributed by atoms with Crippen molar-refractivity contribution in [3.05, 3.63) is 570 Å². The van der Waals surface area contributed by atoms with E-state index in [1.807, 2.05) is 0 Å². The van der Waals surface area contributed by atoms with Crippen molar-refractivity contribution >= 4 is 162 Å². The van der Waals surface area contributed by atoms with Crippen molar-refractivity contribution in [2.24, 2.45) is 0 Å². The van der Waals surface area contributed by atoms with Gasteiger partial charge < -0.3 is 0 Å². The molecule has 0 amide bonds. The van der Waals surface area contributed by atoms with E-state index >= 15 is 0 Å². The second-order valence-electron chi connectivity index (χ2n) is 39.2. The molecule has 0 heterocycles. The van der Waals surface area contributed by atoms with Crippen molar-refractivity contribution in [3.63, 3.8) is 0 Å². The Morgan fingerprint density at radius 1 is 0.0743 bits per heavy atom. The molecule has 0 heteroatoms. The van der Waals surface area contributed by atoms with Crippen LogP contribution in [0, 0.1) is 0 Å². The van der Waals surface area contributed by atoms with Crippen LogP contribution < -0.4 is 0 Å². The smallest absolute Gasteiger partial charge is 0.00201 e. The second-order valence-corrected chi connectivity index (χ2v) is 39.2. The Morgan fingerprint density at radius 3 is 0.642 bits per heavy atom. The van der Waals surface area contributed by atoms with E-state index in [2.05, 4.69) is 570 Å². The lowest BCUT2D eigenvalue weighted by Gasteiger charge is -2.20. The largest absolute Gasteiger partial charge is 0.0622 e. The van der Waals surface area contributed by atoms with Gasteiger partial charge in [-0.25, -0.2) is 0 Å². The number of hydrogen-bond donors (Lipinski definition) is 0. The van der Waals surface area contributed by atoms with Gasteiger partial charge in [0.25, 0.3) is 0 Å². The zero-order valence-electron chi connectivity index (χ0n) is 81.3. The van der Waals surface area contributed by atoms with Crippen LogP contribution in [0.1, 0.15) is 0 Å². The van der Waals surface area contributed by atoms with Crippen LogP contribution in [0.5, 0.6) is 0 Å². The van der Waals surface area contributed by atoms with Crippen LogP contribution in [0.2, 0.25) is 0 Å². The fraction of sp³-hybridized carbons (Fsp3) is 0. The van der Waals surface area contributed by atoms with E-state index in [0.29, 0.717) is 0 Å². The highest BCUT2D eigenvalue weighted by molar-refractivity contribution is 6.31. The first-order valence-corrected chi connectivity index (χ1v) is 51.4. The Bertz CT molecular complexity index is 10200. The molecule has 148 heavy (non-hydrogen) atoms. The number of benzene rings is 30. The molecule has 0 unspecified atom stereocenters. The fourth-order valence-corrected chi connectivity index (χ4v) is 24.4. The monoisotopic (exact) mass is 1870 g/mol. The molecule has 0 aliphatic rings. The third kappa shape index (κ3) is 14.9. The van der Waals surface area contributed by atoms with E-state index < -0.39 is 0 Å². The molecule has 0 aliphatic heterocycles. The van der Waals surface area contributed by atoms with Crippen molar-refractivity contribution in [1.29, 1.82) is 0 Å². The Morgan fingerprint density at radius 2 is 0.284 bits per heavy atom. The second kappa shape index (κ2) is 36.6. The minimum absolute atomic E-state index is 1.22. The normalized spacial score (nSPS) is 11.6. The van der Waals surface area contributed by atoms with Crippen molar-refractivity contribution in [1.82, 2.24) is 0 Å². The van der Waals surface area contributed by atoms with E-state index in [-0.39, 0.29) is 0 Å². The molecule has 0 aliphatic carbocycles. The predicted molar refractivity (Wildman–Crippen MR) is 638 cm³/mol. The highest BCUT2D eigenvalue weighted by Crippen LogP contribution is 2.53. The molecule has 30 aromatic rings. The zero-order valence-corrected chi connectivity index (χ0v) is 81.3. The molecule has 0 radical (unpaired) electrons. The van der Waals surface area contributed by atoms with Gasteiger partial charge in [-0.3, -0.25) is 0 Å². The highest BCUT2D eigenvalue weighted by Gasteiger charge is 2.25. The predicted octanol–water partition coefficient (Wildman–Crippen LogP) is 41.8. The van der Waals surface area contributed by atoms with Crippen molar-refractivity contribution in [3.8, 4) is 134 Å². The summed E-state index contributed by atoms with van der Waals surface area (Å²) in [6, 6.07) is 209. The minimum Gasteiger partial charge on any atom is -0.0622 e. The van der Waals surface area contributed by atoms with Crippen LogP contribution in [0.3, 0.4) is 0 Å². The minimum atomic E-state index is 1.22. The summed E-state index contributed by atoms with van der Waals surface area (Å²) in [6.45, 7) is 0. The fourth-order valence-electron chi connectivity index (χ4n) is 24.4. The molecule has 0 fully saturated rings. The molecule has 30 aromatic carbocycles. The van der Waals surface area contributed by atoms with Gasteiger partial charge >= 0.3 is 0 Å². The maximum atomic E-state index is 2.41. The molecule has 686 valence electrons. The molecular weight excluding hydrogens is 1780 g/mol.